The quantitative estimate of drug-likeness (QED) is 0.665. The molecule has 13 heteroatoms. The molecule has 0 aliphatic carbocycles. The fourth-order valence-corrected chi connectivity index (χ4v) is 3.43. The third-order valence-electron chi connectivity index (χ3n) is 3.23. The second kappa shape index (κ2) is 6.70. The molecule has 0 spiro atoms. The van der Waals surface area contributed by atoms with E-state index in [1.165, 1.54) is 0 Å². The second-order valence-corrected chi connectivity index (χ2v) is 6.66. The van der Waals surface area contributed by atoms with E-state index in [1.807, 2.05) is 0 Å². The predicted molar refractivity (Wildman–Crippen MR) is 89.7 cm³/mol. The van der Waals surface area contributed by atoms with Crippen LogP contribution in [0.5, 0.6) is 0 Å². The number of alkyl halides is 3. The van der Waals surface area contributed by atoms with Gasteiger partial charge in [0.2, 0.25) is 0 Å². The molecule has 0 aliphatic heterocycles. The first-order chi connectivity index (χ1) is 12.7. The maximum Gasteiger partial charge on any atom is 0.416 e. The van der Waals surface area contributed by atoms with Crippen LogP contribution in [-0.2, 0) is 6.18 Å². The van der Waals surface area contributed by atoms with Crippen molar-refractivity contribution in [3.8, 4) is 28.7 Å². The van der Waals surface area contributed by atoms with Crippen molar-refractivity contribution >= 4 is 34.5 Å². The van der Waals surface area contributed by atoms with Crippen molar-refractivity contribution in [2.45, 2.75) is 6.18 Å². The highest BCUT2D eigenvalue weighted by molar-refractivity contribution is 7.12. The molecule has 3 aromatic rings. The first kappa shape index (κ1) is 18.9. The first-order valence-corrected chi connectivity index (χ1v) is 8.30. The fourth-order valence-electron chi connectivity index (χ4n) is 2.08. The van der Waals surface area contributed by atoms with E-state index < -0.39 is 26.7 Å². The second-order valence-electron chi connectivity index (χ2n) is 4.90. The van der Waals surface area contributed by atoms with Crippen molar-refractivity contribution < 1.29 is 13.2 Å². The molecule has 2 aromatic heterocycles. The van der Waals surface area contributed by atoms with Gasteiger partial charge < -0.3 is 4.98 Å². The molecule has 0 saturated carbocycles. The molecule has 0 atom stereocenters. The molecule has 1 aromatic carbocycles. The lowest BCUT2D eigenvalue weighted by molar-refractivity contribution is -0.137. The summed E-state index contributed by atoms with van der Waals surface area (Å²) >= 11 is 12.4. The molecule has 27 heavy (non-hydrogen) atoms. The van der Waals surface area contributed by atoms with Gasteiger partial charge >= 0.3 is 11.0 Å². The number of imidazole rings is 1. The number of nitriles is 2. The van der Waals surface area contributed by atoms with Crippen LogP contribution in [0.25, 0.3) is 16.5 Å². The van der Waals surface area contributed by atoms with Gasteiger partial charge in [0.05, 0.1) is 15.6 Å². The lowest BCUT2D eigenvalue weighted by atomic mass is 10.2. The minimum Gasteiger partial charge on any atom is -0.327 e. The molecule has 3 rings (SSSR count). The van der Waals surface area contributed by atoms with Crippen LogP contribution in [0.3, 0.4) is 0 Å². The van der Waals surface area contributed by atoms with Gasteiger partial charge in [0.1, 0.15) is 17.8 Å². The number of aromatic amines is 1. The Balaban J connectivity index is 2.14. The minimum absolute atomic E-state index is 0.00923. The smallest absolute Gasteiger partial charge is 0.327 e. The van der Waals surface area contributed by atoms with Gasteiger partial charge in [-0.1, -0.05) is 23.2 Å². The number of hydrogen-bond donors (Lipinski definition) is 1. The highest BCUT2D eigenvalue weighted by atomic mass is 35.5. The summed E-state index contributed by atoms with van der Waals surface area (Å²) in [6.07, 6.45) is -4.67. The van der Waals surface area contributed by atoms with E-state index in [9.17, 15) is 18.0 Å². The van der Waals surface area contributed by atoms with E-state index in [1.54, 1.807) is 12.1 Å². The molecular formula is C14H3Cl2F3N6OS. The normalized spacial score (nSPS) is 11.2. The Morgan fingerprint density at radius 2 is 1.81 bits per heavy atom. The molecule has 0 fully saturated rings. The van der Waals surface area contributed by atoms with Crippen LogP contribution in [-0.4, -0.2) is 19.7 Å². The third-order valence-corrected chi connectivity index (χ3v) is 4.62. The maximum atomic E-state index is 12.8. The number of aromatic nitrogens is 4. The summed E-state index contributed by atoms with van der Waals surface area (Å²) in [5.74, 6) is -0.0249. The SMILES string of the molecule is N#Cc1nc(-c2nn(-c3c(Cl)cc(C(F)(F)F)cc3Cl)c(=O)s2)[nH]c1C#N. The Kier molecular flexibility index (Phi) is 4.70. The summed E-state index contributed by atoms with van der Waals surface area (Å²) in [5, 5.41) is 20.9. The zero-order chi connectivity index (χ0) is 19.9. The number of halogens is 5. The van der Waals surface area contributed by atoms with E-state index in [4.69, 9.17) is 33.7 Å². The number of nitrogens with zero attached hydrogens (tertiary/aromatic N) is 5. The Bertz CT molecular complexity index is 1140. The first-order valence-electron chi connectivity index (χ1n) is 6.73. The van der Waals surface area contributed by atoms with E-state index in [0.717, 1.165) is 4.68 Å². The zero-order valence-corrected chi connectivity index (χ0v) is 14.9. The number of benzene rings is 1. The molecule has 0 unspecified atom stereocenters. The van der Waals surface area contributed by atoms with Crippen LogP contribution >= 0.6 is 34.5 Å². The van der Waals surface area contributed by atoms with Gasteiger partial charge in [-0.2, -0.15) is 28.4 Å². The van der Waals surface area contributed by atoms with Crippen LogP contribution in [0, 0.1) is 22.7 Å². The maximum absolute atomic E-state index is 12.8. The lowest BCUT2D eigenvalue weighted by Crippen LogP contribution is -2.14. The summed E-state index contributed by atoms with van der Waals surface area (Å²) in [6, 6.07) is 4.69. The van der Waals surface area contributed by atoms with Gasteiger partial charge in [0.25, 0.3) is 0 Å². The summed E-state index contributed by atoms with van der Waals surface area (Å²) in [6.45, 7) is 0. The highest BCUT2D eigenvalue weighted by Gasteiger charge is 2.32. The average Bonchev–Trinajstić information content (AvgIpc) is 3.17. The van der Waals surface area contributed by atoms with E-state index in [2.05, 4.69) is 15.1 Å². The molecule has 0 saturated heterocycles. The van der Waals surface area contributed by atoms with E-state index in [-0.39, 0.29) is 27.9 Å². The van der Waals surface area contributed by atoms with Gasteiger partial charge in [0.15, 0.2) is 22.2 Å². The van der Waals surface area contributed by atoms with Crippen molar-refractivity contribution in [2.24, 2.45) is 0 Å². The van der Waals surface area contributed by atoms with Gasteiger partial charge in [-0.05, 0) is 23.5 Å². The minimum atomic E-state index is -4.67. The number of nitrogens with one attached hydrogen (secondary N) is 1. The topological polar surface area (TPSA) is 111 Å². The van der Waals surface area contributed by atoms with Crippen LogP contribution < -0.4 is 4.87 Å². The predicted octanol–water partition coefficient (Wildman–Crippen LogP) is 3.75. The van der Waals surface area contributed by atoms with Crippen molar-refractivity contribution in [1.82, 2.24) is 19.7 Å². The molecule has 0 amide bonds. The molecular weight excluding hydrogens is 428 g/mol. The Hall–Kier alpha value is -2.86. The van der Waals surface area contributed by atoms with Crippen LogP contribution in [0.15, 0.2) is 16.9 Å². The summed E-state index contributed by atoms with van der Waals surface area (Å²) in [7, 11) is 0. The third kappa shape index (κ3) is 3.40. The van der Waals surface area contributed by atoms with Gasteiger partial charge in [0, 0.05) is 0 Å². The standard InChI is InChI=1S/C14H3Cl2F3N6OS/c15-6-1-5(14(17,18)19)2-7(16)10(6)25-13(26)27-12(24-25)11-22-8(3-20)9(4-21)23-11/h1-2H,(H,22,23). The molecule has 2 heterocycles. The highest BCUT2D eigenvalue weighted by Crippen LogP contribution is 2.37. The number of hydrogen-bond acceptors (Lipinski definition) is 6. The van der Waals surface area contributed by atoms with Gasteiger partial charge in [-0.15, -0.1) is 5.10 Å². The van der Waals surface area contributed by atoms with E-state index >= 15 is 0 Å². The molecule has 0 aliphatic rings. The summed E-state index contributed by atoms with van der Waals surface area (Å²) in [5.41, 5.74) is -1.61. The Morgan fingerprint density at radius 3 is 2.30 bits per heavy atom. The fraction of sp³-hybridized carbons (Fsp3) is 0.0714. The average molecular weight is 431 g/mol. The number of H-pyrrole nitrogens is 1. The van der Waals surface area contributed by atoms with Crippen molar-refractivity contribution in [3.05, 3.63) is 48.8 Å². The summed E-state index contributed by atoms with van der Waals surface area (Å²) < 4.78 is 39.2. The molecule has 0 bridgehead atoms. The molecule has 7 nitrogen and oxygen atoms in total. The van der Waals surface area contributed by atoms with Crippen molar-refractivity contribution in [3.63, 3.8) is 0 Å². The van der Waals surface area contributed by atoms with Crippen molar-refractivity contribution in [1.29, 1.82) is 10.5 Å². The monoisotopic (exact) mass is 430 g/mol. The van der Waals surface area contributed by atoms with Crippen LogP contribution in [0.1, 0.15) is 17.0 Å². The van der Waals surface area contributed by atoms with Crippen molar-refractivity contribution in [2.75, 3.05) is 0 Å². The van der Waals surface area contributed by atoms with Gasteiger partial charge in [-0.3, -0.25) is 4.79 Å². The zero-order valence-electron chi connectivity index (χ0n) is 12.6. The molecule has 136 valence electrons. The van der Waals surface area contributed by atoms with E-state index in [0.29, 0.717) is 23.5 Å². The Morgan fingerprint density at radius 1 is 1.19 bits per heavy atom. The largest absolute Gasteiger partial charge is 0.416 e. The van der Waals surface area contributed by atoms with Gasteiger partial charge in [-0.25, -0.2) is 4.98 Å². The summed E-state index contributed by atoms with van der Waals surface area (Å²) in [4.78, 5) is 17.9. The number of rotatable bonds is 2. The lowest BCUT2D eigenvalue weighted by Gasteiger charge is -2.11. The molecule has 1 N–H and O–H groups in total. The Labute approximate surface area is 161 Å². The van der Waals surface area contributed by atoms with Crippen LogP contribution in [0.2, 0.25) is 10.0 Å². The molecule has 0 radical (unpaired) electrons. The van der Waals surface area contributed by atoms with Crippen LogP contribution in [0.4, 0.5) is 13.2 Å².